The number of nitrogens with zero attached hydrogens (tertiary/aromatic N) is 1. The van der Waals surface area contributed by atoms with Gasteiger partial charge in [-0.15, -0.1) is 0 Å². The third-order valence-electron chi connectivity index (χ3n) is 3.73. The summed E-state index contributed by atoms with van der Waals surface area (Å²) in [6.45, 7) is 9.68. The van der Waals surface area contributed by atoms with E-state index < -0.39 is 6.10 Å². The van der Waals surface area contributed by atoms with E-state index in [0.717, 1.165) is 26.1 Å². The van der Waals surface area contributed by atoms with E-state index in [-0.39, 0.29) is 17.9 Å². The predicted octanol–water partition coefficient (Wildman–Crippen LogP) is 1.67. The van der Waals surface area contributed by atoms with Crippen LogP contribution >= 0.6 is 0 Å². The van der Waals surface area contributed by atoms with Crippen molar-refractivity contribution < 1.29 is 14.6 Å². The number of amides is 1. The quantitative estimate of drug-likeness (QED) is 0.815. The van der Waals surface area contributed by atoms with E-state index in [1.807, 2.05) is 20.8 Å². The first-order chi connectivity index (χ1) is 8.43. The zero-order valence-corrected chi connectivity index (χ0v) is 12.1. The average molecular weight is 257 g/mol. The largest absolute Gasteiger partial charge is 0.392 e. The van der Waals surface area contributed by atoms with Gasteiger partial charge in [0.2, 0.25) is 5.91 Å². The van der Waals surface area contributed by atoms with Gasteiger partial charge in [-0.25, -0.2) is 0 Å². The Morgan fingerprint density at radius 1 is 1.28 bits per heavy atom. The summed E-state index contributed by atoms with van der Waals surface area (Å²) in [6.07, 6.45) is 1.46. The third-order valence-corrected chi connectivity index (χ3v) is 3.73. The van der Waals surface area contributed by atoms with Gasteiger partial charge in [0, 0.05) is 31.7 Å². The minimum Gasteiger partial charge on any atom is -0.392 e. The number of hydrogen-bond acceptors (Lipinski definition) is 3. The van der Waals surface area contributed by atoms with Gasteiger partial charge in [-0.1, -0.05) is 6.92 Å². The molecule has 1 aliphatic heterocycles. The highest BCUT2D eigenvalue weighted by molar-refractivity contribution is 5.79. The highest BCUT2D eigenvalue weighted by Crippen LogP contribution is 2.25. The standard InChI is InChI=1S/C14H27NO3/c1-10(2)15(9-11(3)16)14(17)12(4)13-5-7-18-8-6-13/h10-13,16H,5-9H2,1-4H3. The van der Waals surface area contributed by atoms with Gasteiger partial charge in [0.1, 0.15) is 0 Å². The van der Waals surface area contributed by atoms with Crippen LogP contribution in [-0.2, 0) is 9.53 Å². The van der Waals surface area contributed by atoms with Gasteiger partial charge in [0.05, 0.1) is 6.10 Å². The molecule has 1 aliphatic rings. The normalized spacial score (nSPS) is 20.8. The molecule has 106 valence electrons. The van der Waals surface area contributed by atoms with E-state index in [4.69, 9.17) is 4.74 Å². The Bertz CT molecular complexity index is 260. The van der Waals surface area contributed by atoms with Gasteiger partial charge in [0.25, 0.3) is 0 Å². The highest BCUT2D eigenvalue weighted by Gasteiger charge is 2.30. The number of aliphatic hydroxyl groups excluding tert-OH is 1. The SMILES string of the molecule is CC(O)CN(C(=O)C(C)C1CCOCC1)C(C)C. The molecule has 0 aromatic carbocycles. The van der Waals surface area contributed by atoms with Crippen molar-refractivity contribution in [3.05, 3.63) is 0 Å². The molecular formula is C14H27NO3. The van der Waals surface area contributed by atoms with E-state index in [2.05, 4.69) is 0 Å². The number of carbonyl (C=O) groups excluding carboxylic acids is 1. The molecule has 0 aromatic heterocycles. The van der Waals surface area contributed by atoms with Crippen LogP contribution in [0.5, 0.6) is 0 Å². The van der Waals surface area contributed by atoms with Crippen LogP contribution in [0.4, 0.5) is 0 Å². The topological polar surface area (TPSA) is 49.8 Å². The van der Waals surface area contributed by atoms with E-state index in [1.54, 1.807) is 11.8 Å². The summed E-state index contributed by atoms with van der Waals surface area (Å²) in [5.41, 5.74) is 0. The van der Waals surface area contributed by atoms with E-state index in [9.17, 15) is 9.90 Å². The van der Waals surface area contributed by atoms with E-state index in [0.29, 0.717) is 12.5 Å². The molecule has 0 spiro atoms. The number of rotatable bonds is 5. The van der Waals surface area contributed by atoms with Crippen LogP contribution < -0.4 is 0 Å². The molecule has 1 amide bonds. The molecule has 1 saturated heterocycles. The molecule has 2 unspecified atom stereocenters. The Morgan fingerprint density at radius 3 is 2.28 bits per heavy atom. The van der Waals surface area contributed by atoms with Crippen LogP contribution in [-0.4, -0.2) is 47.8 Å². The maximum absolute atomic E-state index is 12.5. The summed E-state index contributed by atoms with van der Waals surface area (Å²) in [4.78, 5) is 14.3. The van der Waals surface area contributed by atoms with Crippen LogP contribution in [0.2, 0.25) is 0 Å². The molecule has 0 aliphatic carbocycles. The smallest absolute Gasteiger partial charge is 0.226 e. The molecule has 18 heavy (non-hydrogen) atoms. The van der Waals surface area contributed by atoms with Crippen molar-refractivity contribution in [1.29, 1.82) is 0 Å². The van der Waals surface area contributed by atoms with Gasteiger partial charge in [-0.2, -0.15) is 0 Å². The lowest BCUT2D eigenvalue weighted by atomic mass is 9.86. The van der Waals surface area contributed by atoms with E-state index in [1.165, 1.54) is 0 Å². The fourth-order valence-corrected chi connectivity index (χ4v) is 2.52. The Labute approximate surface area is 110 Å². The number of ether oxygens (including phenoxy) is 1. The lowest BCUT2D eigenvalue weighted by Crippen LogP contribution is -2.46. The minimum atomic E-state index is -0.474. The molecule has 1 heterocycles. The van der Waals surface area contributed by atoms with Crippen molar-refractivity contribution >= 4 is 5.91 Å². The highest BCUT2D eigenvalue weighted by atomic mass is 16.5. The first kappa shape index (κ1) is 15.4. The average Bonchev–Trinajstić information content (AvgIpc) is 2.34. The van der Waals surface area contributed by atoms with Crippen LogP contribution in [0.1, 0.15) is 40.5 Å². The molecule has 0 aromatic rings. The zero-order valence-electron chi connectivity index (χ0n) is 12.1. The number of aliphatic hydroxyl groups is 1. The van der Waals surface area contributed by atoms with Crippen molar-refractivity contribution in [2.24, 2.45) is 11.8 Å². The molecule has 2 atom stereocenters. The summed E-state index contributed by atoms with van der Waals surface area (Å²) in [6, 6.07) is 0.134. The number of carbonyl (C=O) groups is 1. The van der Waals surface area contributed by atoms with Crippen LogP contribution in [0.15, 0.2) is 0 Å². The fraction of sp³-hybridized carbons (Fsp3) is 0.929. The van der Waals surface area contributed by atoms with Crippen molar-refractivity contribution in [3.8, 4) is 0 Å². The summed E-state index contributed by atoms with van der Waals surface area (Å²) in [5, 5.41) is 9.50. The first-order valence-corrected chi connectivity index (χ1v) is 6.99. The van der Waals surface area contributed by atoms with Gasteiger partial charge in [0.15, 0.2) is 0 Å². The zero-order chi connectivity index (χ0) is 13.7. The second-order valence-corrected chi connectivity index (χ2v) is 5.67. The predicted molar refractivity (Wildman–Crippen MR) is 71.2 cm³/mol. The summed E-state index contributed by atoms with van der Waals surface area (Å²) in [7, 11) is 0. The summed E-state index contributed by atoms with van der Waals surface area (Å²) < 4.78 is 5.34. The molecule has 0 bridgehead atoms. The van der Waals surface area contributed by atoms with Crippen LogP contribution in [0.25, 0.3) is 0 Å². The maximum atomic E-state index is 12.5. The Kier molecular flexibility index (Phi) is 6.09. The molecule has 1 N–H and O–H groups in total. The monoisotopic (exact) mass is 257 g/mol. The maximum Gasteiger partial charge on any atom is 0.226 e. The van der Waals surface area contributed by atoms with Crippen LogP contribution in [0.3, 0.4) is 0 Å². The van der Waals surface area contributed by atoms with Crippen molar-refractivity contribution in [2.45, 2.75) is 52.7 Å². The van der Waals surface area contributed by atoms with E-state index >= 15 is 0 Å². The third kappa shape index (κ3) is 4.25. The van der Waals surface area contributed by atoms with Gasteiger partial charge < -0.3 is 14.7 Å². The Morgan fingerprint density at radius 2 is 1.83 bits per heavy atom. The van der Waals surface area contributed by atoms with Gasteiger partial charge in [-0.3, -0.25) is 4.79 Å². The van der Waals surface area contributed by atoms with Crippen molar-refractivity contribution in [2.75, 3.05) is 19.8 Å². The second kappa shape index (κ2) is 7.10. The summed E-state index contributed by atoms with van der Waals surface area (Å²) in [5.74, 6) is 0.606. The molecule has 0 saturated carbocycles. The van der Waals surface area contributed by atoms with Crippen molar-refractivity contribution in [3.63, 3.8) is 0 Å². The first-order valence-electron chi connectivity index (χ1n) is 6.99. The Balaban J connectivity index is 2.63. The van der Waals surface area contributed by atoms with Gasteiger partial charge in [-0.05, 0) is 39.5 Å². The molecule has 1 fully saturated rings. The second-order valence-electron chi connectivity index (χ2n) is 5.67. The lowest BCUT2D eigenvalue weighted by molar-refractivity contribution is -0.141. The van der Waals surface area contributed by atoms with Crippen LogP contribution in [0, 0.1) is 11.8 Å². The minimum absolute atomic E-state index is 0.0232. The molecule has 0 radical (unpaired) electrons. The van der Waals surface area contributed by atoms with Gasteiger partial charge >= 0.3 is 0 Å². The summed E-state index contributed by atoms with van der Waals surface area (Å²) >= 11 is 0. The fourth-order valence-electron chi connectivity index (χ4n) is 2.52. The molecule has 1 rings (SSSR count). The van der Waals surface area contributed by atoms with Crippen molar-refractivity contribution in [1.82, 2.24) is 4.90 Å². The lowest BCUT2D eigenvalue weighted by Gasteiger charge is -2.34. The Hall–Kier alpha value is -0.610. The number of hydrogen-bond donors (Lipinski definition) is 1. The molecular weight excluding hydrogens is 230 g/mol. The molecule has 4 heteroatoms. The molecule has 4 nitrogen and oxygen atoms in total.